The molecule has 1 atom stereocenters. The Kier molecular flexibility index (Phi) is 6.58. The van der Waals surface area contributed by atoms with Gasteiger partial charge in [0.2, 0.25) is 16.7 Å². The number of aromatic nitrogens is 3. The van der Waals surface area contributed by atoms with E-state index >= 15 is 0 Å². The van der Waals surface area contributed by atoms with Crippen LogP contribution in [0.4, 0.5) is 24.5 Å². The highest BCUT2D eigenvalue weighted by Crippen LogP contribution is 2.55. The van der Waals surface area contributed by atoms with Crippen molar-refractivity contribution in [2.24, 2.45) is 0 Å². The molecule has 3 heterocycles. The van der Waals surface area contributed by atoms with Crippen LogP contribution in [0.25, 0.3) is 11.5 Å². The van der Waals surface area contributed by atoms with E-state index in [2.05, 4.69) is 25.8 Å². The van der Waals surface area contributed by atoms with Crippen LogP contribution in [0.3, 0.4) is 0 Å². The van der Waals surface area contributed by atoms with Crippen LogP contribution in [0.1, 0.15) is 34.4 Å². The average Bonchev–Trinajstić information content (AvgIpc) is 3.37. The molecule has 0 saturated carbocycles. The Balaban J connectivity index is 1.29. The van der Waals surface area contributed by atoms with Crippen molar-refractivity contribution in [3.63, 3.8) is 0 Å². The van der Waals surface area contributed by atoms with Crippen LogP contribution in [0.2, 0.25) is 0 Å². The molecular formula is C23H20F3N5O5S. The Morgan fingerprint density at radius 2 is 1.92 bits per heavy atom. The normalized spacial score (nSPS) is 18.3. The number of pyridine rings is 1. The van der Waals surface area contributed by atoms with Gasteiger partial charge in [0.1, 0.15) is 11.5 Å². The van der Waals surface area contributed by atoms with Gasteiger partial charge in [-0.3, -0.25) is 23.7 Å². The van der Waals surface area contributed by atoms with Gasteiger partial charge < -0.3 is 15.1 Å². The maximum Gasteiger partial charge on any atom is 0.314 e. The molecule has 2 aromatic heterocycles. The topological polar surface area (TPSA) is 150 Å². The summed E-state index contributed by atoms with van der Waals surface area (Å²) < 4.78 is 65.4. The summed E-state index contributed by atoms with van der Waals surface area (Å²) in [5.41, 5.74) is -0.0329. The van der Waals surface area contributed by atoms with E-state index in [-0.39, 0.29) is 47.1 Å². The highest BCUT2D eigenvalue weighted by molar-refractivity contribution is 8.24. The van der Waals surface area contributed by atoms with Crippen LogP contribution in [0.5, 0.6) is 0 Å². The standard InChI is InChI=1S/C23H20F3N5O5S/c24-14-8-12(22-30-31-23(36-22)21(25)26)9-28-15(14)7-11-1-3-13(4-2-11)29-18-17(19(32)20(18)33)16-10-27-5-6-37(16,34)35/h1-4,8-9,16,21,27,29,34-35H,5-7,10H2. The molecule has 1 unspecified atom stereocenters. The molecule has 0 aliphatic carbocycles. The number of rotatable bonds is 7. The summed E-state index contributed by atoms with van der Waals surface area (Å²) in [6.45, 7) is 0.589. The van der Waals surface area contributed by atoms with Gasteiger partial charge in [-0.2, -0.15) is 19.4 Å². The molecule has 0 amide bonds. The molecule has 0 spiro atoms. The summed E-state index contributed by atoms with van der Waals surface area (Å²) in [6, 6.07) is 7.67. The van der Waals surface area contributed by atoms with Gasteiger partial charge in [-0.15, -0.1) is 10.2 Å². The lowest BCUT2D eigenvalue weighted by molar-refractivity contribution is 0.116. The maximum atomic E-state index is 14.6. The average molecular weight is 536 g/mol. The zero-order valence-electron chi connectivity index (χ0n) is 19.0. The summed E-state index contributed by atoms with van der Waals surface area (Å²) in [4.78, 5) is 28.4. The molecule has 37 heavy (non-hydrogen) atoms. The monoisotopic (exact) mass is 535 g/mol. The molecule has 2 aromatic carbocycles. The van der Waals surface area contributed by atoms with Gasteiger partial charge in [0.25, 0.3) is 5.89 Å². The highest BCUT2D eigenvalue weighted by Gasteiger charge is 2.38. The zero-order valence-corrected chi connectivity index (χ0v) is 19.8. The van der Waals surface area contributed by atoms with Crippen LogP contribution < -0.4 is 21.5 Å². The zero-order chi connectivity index (χ0) is 26.3. The van der Waals surface area contributed by atoms with Crippen molar-refractivity contribution in [2.75, 3.05) is 24.2 Å². The number of nitrogens with one attached hydrogen (secondary N) is 2. The first kappa shape index (κ1) is 25.1. The lowest BCUT2D eigenvalue weighted by Crippen LogP contribution is -2.45. The van der Waals surface area contributed by atoms with Crippen molar-refractivity contribution >= 4 is 22.0 Å². The van der Waals surface area contributed by atoms with Gasteiger partial charge in [0, 0.05) is 31.4 Å². The van der Waals surface area contributed by atoms with E-state index in [4.69, 9.17) is 4.42 Å². The van der Waals surface area contributed by atoms with Crippen LogP contribution in [-0.2, 0) is 6.42 Å². The maximum absolute atomic E-state index is 14.6. The van der Waals surface area contributed by atoms with Crippen LogP contribution in [0.15, 0.2) is 50.5 Å². The predicted octanol–water partition coefficient (Wildman–Crippen LogP) is 3.53. The SMILES string of the molecule is O=c1c(Nc2ccc(Cc3ncc(-c4nnc(C(F)F)o4)cc3F)cc2)c(C2CNCCS2(O)O)c1=O. The molecule has 0 bridgehead atoms. The Morgan fingerprint density at radius 3 is 2.57 bits per heavy atom. The van der Waals surface area contributed by atoms with E-state index in [1.165, 1.54) is 6.20 Å². The minimum absolute atomic E-state index is 0.0331. The molecule has 0 radical (unpaired) electrons. The third-order valence-corrected chi connectivity index (χ3v) is 8.14. The van der Waals surface area contributed by atoms with Crippen LogP contribution in [0, 0.1) is 5.82 Å². The minimum atomic E-state index is -3.06. The lowest BCUT2D eigenvalue weighted by atomic mass is 10.0. The Bertz CT molecular complexity index is 1520. The molecule has 5 rings (SSSR count). The van der Waals surface area contributed by atoms with Crippen molar-refractivity contribution in [1.82, 2.24) is 20.5 Å². The number of nitrogens with zero attached hydrogens (tertiary/aromatic N) is 3. The van der Waals surface area contributed by atoms with Crippen molar-refractivity contribution < 1.29 is 26.7 Å². The second-order valence-corrected chi connectivity index (χ2v) is 10.9. The molecular weight excluding hydrogens is 515 g/mol. The van der Waals surface area contributed by atoms with Crippen molar-refractivity contribution in [3.8, 4) is 11.5 Å². The molecule has 1 saturated heterocycles. The molecule has 4 N–H and O–H groups in total. The minimum Gasteiger partial charge on any atom is -0.415 e. The molecule has 10 nitrogen and oxygen atoms in total. The van der Waals surface area contributed by atoms with Gasteiger partial charge >= 0.3 is 6.43 Å². The number of anilines is 2. The molecule has 1 aliphatic rings. The van der Waals surface area contributed by atoms with E-state index < -0.39 is 44.8 Å². The van der Waals surface area contributed by atoms with Gasteiger partial charge in [0.05, 0.1) is 27.8 Å². The largest absolute Gasteiger partial charge is 0.415 e. The third kappa shape index (κ3) is 4.87. The fourth-order valence-corrected chi connectivity index (χ4v) is 5.78. The number of hydrogen-bond donors (Lipinski definition) is 4. The first-order valence-corrected chi connectivity index (χ1v) is 12.8. The highest BCUT2D eigenvalue weighted by atomic mass is 32.3. The van der Waals surface area contributed by atoms with Crippen molar-refractivity contribution in [2.45, 2.75) is 18.1 Å². The fraction of sp³-hybridized carbons (Fsp3) is 0.261. The van der Waals surface area contributed by atoms with Crippen molar-refractivity contribution in [3.05, 3.63) is 85.5 Å². The summed E-state index contributed by atoms with van der Waals surface area (Å²) in [7, 11) is -3.06. The smallest absolute Gasteiger partial charge is 0.314 e. The second-order valence-electron chi connectivity index (χ2n) is 8.46. The number of benzene rings is 1. The summed E-state index contributed by atoms with van der Waals surface area (Å²) >= 11 is 0. The number of alkyl halides is 2. The van der Waals surface area contributed by atoms with Crippen LogP contribution in [-0.4, -0.2) is 43.1 Å². The summed E-state index contributed by atoms with van der Waals surface area (Å²) in [6.07, 6.45) is -1.59. The van der Waals surface area contributed by atoms with Gasteiger partial charge in [-0.05, 0) is 23.8 Å². The first-order chi connectivity index (χ1) is 17.6. The van der Waals surface area contributed by atoms with Gasteiger partial charge in [-0.1, -0.05) is 12.1 Å². The van der Waals surface area contributed by atoms with Gasteiger partial charge in [-0.25, -0.2) is 4.39 Å². The third-order valence-electron chi connectivity index (χ3n) is 6.02. The molecule has 14 heteroatoms. The summed E-state index contributed by atoms with van der Waals surface area (Å²) in [5, 5.41) is 11.7. The second kappa shape index (κ2) is 9.70. The van der Waals surface area contributed by atoms with E-state index in [9.17, 15) is 31.9 Å². The van der Waals surface area contributed by atoms with E-state index in [0.717, 1.165) is 6.07 Å². The molecule has 194 valence electrons. The first-order valence-electron chi connectivity index (χ1n) is 11.0. The predicted molar refractivity (Wildman–Crippen MR) is 130 cm³/mol. The Hall–Kier alpha value is -3.59. The number of halogens is 3. The Labute approximate surface area is 208 Å². The Morgan fingerprint density at radius 1 is 1.16 bits per heavy atom. The van der Waals surface area contributed by atoms with Gasteiger partial charge in [0.15, 0.2) is 0 Å². The fourth-order valence-electron chi connectivity index (χ4n) is 4.06. The lowest BCUT2D eigenvalue weighted by Gasteiger charge is -2.44. The molecule has 1 aliphatic heterocycles. The van der Waals surface area contributed by atoms with E-state index in [1.54, 1.807) is 24.3 Å². The molecule has 4 aromatic rings. The molecule has 1 fully saturated rings. The van der Waals surface area contributed by atoms with E-state index in [0.29, 0.717) is 17.8 Å². The van der Waals surface area contributed by atoms with Crippen molar-refractivity contribution in [1.29, 1.82) is 0 Å². The number of hydrogen-bond acceptors (Lipinski definition) is 10. The van der Waals surface area contributed by atoms with E-state index in [1.807, 2.05) is 0 Å². The summed E-state index contributed by atoms with van der Waals surface area (Å²) in [5.74, 6) is -1.73. The quantitative estimate of drug-likeness (QED) is 0.259. The van der Waals surface area contributed by atoms with Crippen LogP contribution >= 0.6 is 10.6 Å².